The van der Waals surface area contributed by atoms with Gasteiger partial charge in [-0.25, -0.2) is 4.98 Å². The summed E-state index contributed by atoms with van der Waals surface area (Å²) >= 11 is 7.34. The molecule has 0 spiro atoms. The number of aromatic nitrogens is 2. The van der Waals surface area contributed by atoms with Gasteiger partial charge < -0.3 is 0 Å². The Kier molecular flexibility index (Phi) is 3.92. The Balaban J connectivity index is 3.18. The zero-order chi connectivity index (χ0) is 9.84. The van der Waals surface area contributed by atoms with Crippen LogP contribution in [0.5, 0.6) is 0 Å². The molecule has 1 aromatic rings. The van der Waals surface area contributed by atoms with Crippen LogP contribution in [0, 0.1) is 10.5 Å². The minimum absolute atomic E-state index is 0.0251. The summed E-state index contributed by atoms with van der Waals surface area (Å²) in [6.45, 7) is 2.26. The van der Waals surface area contributed by atoms with Gasteiger partial charge in [0.2, 0.25) is 0 Å². The van der Waals surface area contributed by atoms with Crippen LogP contribution in [0.4, 0.5) is 0 Å². The molecule has 0 radical (unpaired) electrons. The summed E-state index contributed by atoms with van der Waals surface area (Å²) in [6.07, 6.45) is 3.27. The van der Waals surface area contributed by atoms with Crippen molar-refractivity contribution in [1.29, 1.82) is 0 Å². The first kappa shape index (κ1) is 10.7. The van der Waals surface area contributed by atoms with Gasteiger partial charge >= 0.3 is 0 Å². The predicted molar refractivity (Wildman–Crippen MR) is 60.9 cm³/mol. The van der Waals surface area contributed by atoms with Crippen LogP contribution in [0.15, 0.2) is 22.6 Å². The normalized spacial score (nSPS) is 11.0. The highest BCUT2D eigenvalue weighted by molar-refractivity contribution is 14.1. The maximum atomic E-state index is 11.5. The summed E-state index contributed by atoms with van der Waals surface area (Å²) in [5.41, 5.74) is 1.37. The van der Waals surface area contributed by atoms with Crippen LogP contribution in [-0.2, 0) is 6.54 Å². The van der Waals surface area contributed by atoms with Crippen LogP contribution in [0.25, 0.3) is 0 Å². The number of hydrogen-bond donors (Lipinski definition) is 0. The van der Waals surface area contributed by atoms with Crippen molar-refractivity contribution in [2.24, 2.45) is 0 Å². The standard InChI is InChI=1S/C8H8ClIN2O/c1-6-11-5-7(10)8(13)12(6)4-2-3-9/h2-3,5H,4H2,1H3/b3-2+. The van der Waals surface area contributed by atoms with Gasteiger partial charge in [-0.2, -0.15) is 0 Å². The first-order valence-electron chi connectivity index (χ1n) is 3.64. The van der Waals surface area contributed by atoms with Gasteiger partial charge in [0.1, 0.15) is 5.82 Å². The molecule has 3 nitrogen and oxygen atoms in total. The zero-order valence-electron chi connectivity index (χ0n) is 7.00. The minimum atomic E-state index is -0.0251. The van der Waals surface area contributed by atoms with Crippen molar-refractivity contribution in [1.82, 2.24) is 9.55 Å². The lowest BCUT2D eigenvalue weighted by molar-refractivity contribution is 0.709. The summed E-state index contributed by atoms with van der Waals surface area (Å²) in [6, 6.07) is 0. The molecule has 0 aliphatic carbocycles. The number of hydrogen-bond acceptors (Lipinski definition) is 2. The van der Waals surface area contributed by atoms with Crippen molar-refractivity contribution in [3.05, 3.63) is 37.6 Å². The van der Waals surface area contributed by atoms with E-state index in [9.17, 15) is 4.79 Å². The predicted octanol–water partition coefficient (Wildman–Crippen LogP) is 1.91. The van der Waals surface area contributed by atoms with Crippen LogP contribution in [0.2, 0.25) is 0 Å². The molecule has 0 atom stereocenters. The number of halogens is 2. The Morgan fingerprint density at radius 2 is 2.46 bits per heavy atom. The molecule has 5 heteroatoms. The Bertz CT molecular complexity index is 386. The molecular formula is C8H8ClIN2O. The van der Waals surface area contributed by atoms with E-state index in [1.165, 1.54) is 5.54 Å². The van der Waals surface area contributed by atoms with Gasteiger partial charge in [-0.15, -0.1) is 0 Å². The van der Waals surface area contributed by atoms with E-state index >= 15 is 0 Å². The molecule has 1 heterocycles. The molecule has 0 bridgehead atoms. The van der Waals surface area contributed by atoms with Gasteiger partial charge in [-0.1, -0.05) is 17.7 Å². The van der Waals surface area contributed by atoms with E-state index in [4.69, 9.17) is 11.6 Å². The van der Waals surface area contributed by atoms with Gasteiger partial charge in [0, 0.05) is 18.3 Å². The van der Waals surface area contributed by atoms with E-state index in [0.717, 1.165) is 0 Å². The second kappa shape index (κ2) is 4.76. The smallest absolute Gasteiger partial charge is 0.267 e. The van der Waals surface area contributed by atoms with E-state index in [2.05, 4.69) is 4.98 Å². The third-order valence-corrected chi connectivity index (χ3v) is 2.50. The molecule has 0 fully saturated rings. The van der Waals surface area contributed by atoms with Gasteiger partial charge in [0.25, 0.3) is 5.56 Å². The maximum absolute atomic E-state index is 11.5. The number of nitrogens with zero attached hydrogens (tertiary/aromatic N) is 2. The highest BCUT2D eigenvalue weighted by Gasteiger charge is 2.02. The lowest BCUT2D eigenvalue weighted by Gasteiger charge is -2.05. The van der Waals surface area contributed by atoms with E-state index in [-0.39, 0.29) is 5.56 Å². The number of allylic oxidation sites excluding steroid dienone is 1. The highest BCUT2D eigenvalue weighted by Crippen LogP contribution is 1.97. The lowest BCUT2D eigenvalue weighted by Crippen LogP contribution is -2.24. The zero-order valence-corrected chi connectivity index (χ0v) is 9.91. The van der Waals surface area contributed by atoms with Crippen LogP contribution in [-0.4, -0.2) is 9.55 Å². The largest absolute Gasteiger partial charge is 0.292 e. The Morgan fingerprint density at radius 1 is 1.77 bits per heavy atom. The van der Waals surface area contributed by atoms with Gasteiger partial charge in [0.05, 0.1) is 3.57 Å². The van der Waals surface area contributed by atoms with Crippen molar-refractivity contribution < 1.29 is 0 Å². The molecule has 0 saturated carbocycles. The fourth-order valence-corrected chi connectivity index (χ4v) is 1.42. The van der Waals surface area contributed by atoms with Crippen molar-refractivity contribution in [3.8, 4) is 0 Å². The SMILES string of the molecule is Cc1ncc(I)c(=O)n1C/C=C/Cl. The fraction of sp³-hybridized carbons (Fsp3) is 0.250. The number of aryl methyl sites for hydroxylation is 1. The molecule has 70 valence electrons. The number of rotatable bonds is 2. The first-order chi connectivity index (χ1) is 6.16. The maximum Gasteiger partial charge on any atom is 0.267 e. The van der Waals surface area contributed by atoms with E-state index < -0.39 is 0 Å². The summed E-state index contributed by atoms with van der Waals surface area (Å²) in [5.74, 6) is 0.695. The van der Waals surface area contributed by atoms with E-state index in [1.807, 2.05) is 22.6 Å². The van der Waals surface area contributed by atoms with E-state index in [0.29, 0.717) is 15.9 Å². The van der Waals surface area contributed by atoms with Crippen molar-refractivity contribution in [2.45, 2.75) is 13.5 Å². The van der Waals surface area contributed by atoms with Gasteiger partial charge in [0.15, 0.2) is 0 Å². The molecule has 0 aromatic carbocycles. The molecule has 0 aliphatic rings. The molecule has 1 aromatic heterocycles. The Morgan fingerprint density at radius 3 is 3.08 bits per heavy atom. The molecule has 1 rings (SSSR count). The molecule has 0 N–H and O–H groups in total. The van der Waals surface area contributed by atoms with Gasteiger partial charge in [-0.3, -0.25) is 9.36 Å². The second-order valence-corrected chi connectivity index (χ2v) is 3.84. The summed E-state index contributed by atoms with van der Waals surface area (Å²) in [7, 11) is 0. The fourth-order valence-electron chi connectivity index (χ4n) is 0.911. The van der Waals surface area contributed by atoms with Crippen molar-refractivity contribution in [2.75, 3.05) is 0 Å². The van der Waals surface area contributed by atoms with Crippen LogP contribution in [0.1, 0.15) is 5.82 Å². The van der Waals surface area contributed by atoms with Crippen LogP contribution >= 0.6 is 34.2 Å². The van der Waals surface area contributed by atoms with Crippen molar-refractivity contribution >= 4 is 34.2 Å². The second-order valence-electron chi connectivity index (χ2n) is 2.43. The summed E-state index contributed by atoms with van der Waals surface area (Å²) in [5, 5.41) is 0. The average molecular weight is 311 g/mol. The highest BCUT2D eigenvalue weighted by atomic mass is 127. The quantitative estimate of drug-likeness (QED) is 0.782. The average Bonchev–Trinajstić information content (AvgIpc) is 2.12. The lowest BCUT2D eigenvalue weighted by atomic mass is 10.5. The molecule has 0 saturated heterocycles. The summed E-state index contributed by atoms with van der Waals surface area (Å²) < 4.78 is 2.19. The van der Waals surface area contributed by atoms with Gasteiger partial charge in [-0.05, 0) is 29.5 Å². The molecule has 13 heavy (non-hydrogen) atoms. The molecule has 0 unspecified atom stereocenters. The van der Waals surface area contributed by atoms with Crippen molar-refractivity contribution in [3.63, 3.8) is 0 Å². The van der Waals surface area contributed by atoms with E-state index in [1.54, 1.807) is 23.8 Å². The molecular weight excluding hydrogens is 302 g/mol. The molecule has 0 aliphatic heterocycles. The monoisotopic (exact) mass is 310 g/mol. The minimum Gasteiger partial charge on any atom is -0.292 e. The first-order valence-corrected chi connectivity index (χ1v) is 5.15. The Labute approximate surface area is 94.6 Å². The Hall–Kier alpha value is -0.360. The van der Waals surface area contributed by atoms with Crippen LogP contribution in [0.3, 0.4) is 0 Å². The third-order valence-electron chi connectivity index (χ3n) is 1.58. The summed E-state index contributed by atoms with van der Waals surface area (Å²) in [4.78, 5) is 15.6. The topological polar surface area (TPSA) is 34.9 Å². The molecule has 0 amide bonds. The third kappa shape index (κ3) is 2.54. The van der Waals surface area contributed by atoms with Crippen LogP contribution < -0.4 is 5.56 Å².